The predicted octanol–water partition coefficient (Wildman–Crippen LogP) is 3.83. The number of nitrogen functional groups attached to an aromatic ring is 1. The van der Waals surface area contributed by atoms with E-state index < -0.39 is 5.82 Å². The van der Waals surface area contributed by atoms with Gasteiger partial charge in [-0.1, -0.05) is 15.9 Å². The van der Waals surface area contributed by atoms with Gasteiger partial charge in [-0.15, -0.1) is 0 Å². The third-order valence-electron chi connectivity index (χ3n) is 2.27. The van der Waals surface area contributed by atoms with Crippen LogP contribution in [0.1, 0.15) is 5.56 Å². The fourth-order valence-corrected chi connectivity index (χ4v) is 1.72. The van der Waals surface area contributed by atoms with Gasteiger partial charge in [0.25, 0.3) is 0 Å². The Morgan fingerprint density at radius 3 is 2.61 bits per heavy atom. The zero-order valence-corrected chi connectivity index (χ0v) is 10.7. The van der Waals surface area contributed by atoms with Crippen molar-refractivity contribution in [2.24, 2.45) is 0 Å². The van der Waals surface area contributed by atoms with E-state index in [1.165, 1.54) is 24.3 Å². The molecule has 0 aliphatic carbocycles. The first-order valence-corrected chi connectivity index (χ1v) is 5.82. The molecule has 2 aromatic rings. The summed E-state index contributed by atoms with van der Waals surface area (Å²) in [5.74, 6) is 0.00216. The van der Waals surface area contributed by atoms with Crippen LogP contribution in [0.3, 0.4) is 0 Å². The Labute approximate surface area is 112 Å². The van der Waals surface area contributed by atoms with E-state index in [2.05, 4.69) is 15.9 Å². The molecule has 90 valence electrons. The van der Waals surface area contributed by atoms with Crippen molar-refractivity contribution in [1.29, 1.82) is 5.26 Å². The van der Waals surface area contributed by atoms with E-state index in [4.69, 9.17) is 15.7 Å². The smallest absolute Gasteiger partial charge is 0.166 e. The lowest BCUT2D eigenvalue weighted by Gasteiger charge is -2.08. The van der Waals surface area contributed by atoms with Crippen LogP contribution in [0.5, 0.6) is 11.5 Å². The summed E-state index contributed by atoms with van der Waals surface area (Å²) in [6.07, 6.45) is 0. The van der Waals surface area contributed by atoms with Gasteiger partial charge in [0.15, 0.2) is 11.6 Å². The molecular weight excluding hydrogens is 299 g/mol. The number of rotatable bonds is 2. The molecular formula is C13H8BrFN2O. The molecule has 0 aromatic heterocycles. The average Bonchev–Trinajstić information content (AvgIpc) is 2.33. The Morgan fingerprint density at radius 1 is 1.22 bits per heavy atom. The van der Waals surface area contributed by atoms with Crippen LogP contribution >= 0.6 is 15.9 Å². The Hall–Kier alpha value is -2.06. The largest absolute Gasteiger partial charge is 0.454 e. The highest BCUT2D eigenvalue weighted by Crippen LogP contribution is 2.28. The van der Waals surface area contributed by atoms with Crippen LogP contribution in [0.25, 0.3) is 0 Å². The van der Waals surface area contributed by atoms with Crippen molar-refractivity contribution in [3.8, 4) is 17.6 Å². The topological polar surface area (TPSA) is 59.0 Å². The lowest BCUT2D eigenvalue weighted by molar-refractivity contribution is 0.442. The minimum Gasteiger partial charge on any atom is -0.454 e. The van der Waals surface area contributed by atoms with E-state index in [-0.39, 0.29) is 5.75 Å². The number of anilines is 1. The van der Waals surface area contributed by atoms with E-state index in [1.54, 1.807) is 12.1 Å². The van der Waals surface area contributed by atoms with Crippen molar-refractivity contribution in [3.05, 3.63) is 52.3 Å². The fourth-order valence-electron chi connectivity index (χ4n) is 1.39. The van der Waals surface area contributed by atoms with E-state index in [9.17, 15) is 4.39 Å². The van der Waals surface area contributed by atoms with Crippen LogP contribution in [-0.4, -0.2) is 0 Å². The lowest BCUT2D eigenvalue weighted by atomic mass is 10.2. The number of nitriles is 1. The number of nitrogens with zero attached hydrogens (tertiary/aromatic N) is 1. The number of benzene rings is 2. The molecule has 0 fully saturated rings. The van der Waals surface area contributed by atoms with Gasteiger partial charge in [-0.2, -0.15) is 5.26 Å². The molecule has 0 unspecified atom stereocenters. The molecule has 0 bridgehead atoms. The zero-order chi connectivity index (χ0) is 13.1. The van der Waals surface area contributed by atoms with Gasteiger partial charge in [-0.25, -0.2) is 4.39 Å². The standard InChI is InChI=1S/C13H8BrFN2O/c14-9-2-4-13(11(15)5-9)18-10-3-1-8(7-16)12(17)6-10/h1-6H,17H2. The molecule has 2 rings (SSSR count). The molecule has 0 saturated carbocycles. The van der Waals surface area contributed by atoms with Crippen molar-refractivity contribution in [3.63, 3.8) is 0 Å². The maximum atomic E-state index is 13.5. The maximum Gasteiger partial charge on any atom is 0.166 e. The van der Waals surface area contributed by atoms with Gasteiger partial charge in [0.2, 0.25) is 0 Å². The summed E-state index contributed by atoms with van der Waals surface area (Å²) in [5.41, 5.74) is 6.30. The van der Waals surface area contributed by atoms with Crippen LogP contribution in [0, 0.1) is 17.1 Å². The summed E-state index contributed by atoms with van der Waals surface area (Å²) in [6, 6.07) is 11.0. The highest BCUT2D eigenvalue weighted by molar-refractivity contribution is 9.10. The fraction of sp³-hybridized carbons (Fsp3) is 0. The summed E-state index contributed by atoms with van der Waals surface area (Å²) in [5, 5.41) is 8.74. The quantitative estimate of drug-likeness (QED) is 0.858. The monoisotopic (exact) mass is 306 g/mol. The Bertz CT molecular complexity index is 637. The van der Waals surface area contributed by atoms with Gasteiger partial charge in [0.1, 0.15) is 11.8 Å². The molecule has 0 atom stereocenters. The maximum absolute atomic E-state index is 13.5. The summed E-state index contributed by atoms with van der Waals surface area (Å²) < 4.78 is 19.5. The van der Waals surface area contributed by atoms with E-state index in [0.717, 1.165) is 0 Å². The minimum atomic E-state index is -0.479. The highest BCUT2D eigenvalue weighted by atomic mass is 79.9. The average molecular weight is 307 g/mol. The first kappa shape index (κ1) is 12.4. The molecule has 0 saturated heterocycles. The van der Waals surface area contributed by atoms with Crippen LogP contribution in [0.15, 0.2) is 40.9 Å². The number of hydrogen-bond acceptors (Lipinski definition) is 3. The molecule has 0 aliphatic heterocycles. The van der Waals surface area contributed by atoms with Crippen molar-refractivity contribution < 1.29 is 9.13 Å². The molecule has 3 nitrogen and oxygen atoms in total. The van der Waals surface area contributed by atoms with Gasteiger partial charge >= 0.3 is 0 Å². The van der Waals surface area contributed by atoms with Crippen molar-refractivity contribution in [2.75, 3.05) is 5.73 Å². The van der Waals surface area contributed by atoms with Gasteiger partial charge < -0.3 is 10.5 Å². The van der Waals surface area contributed by atoms with E-state index in [0.29, 0.717) is 21.5 Å². The molecule has 0 heterocycles. The molecule has 5 heteroatoms. The van der Waals surface area contributed by atoms with Gasteiger partial charge in [0, 0.05) is 10.5 Å². The van der Waals surface area contributed by atoms with Crippen molar-refractivity contribution >= 4 is 21.6 Å². The molecule has 0 spiro atoms. The van der Waals surface area contributed by atoms with E-state index >= 15 is 0 Å². The van der Waals surface area contributed by atoms with Crippen LogP contribution < -0.4 is 10.5 Å². The van der Waals surface area contributed by atoms with Gasteiger partial charge in [0.05, 0.1) is 11.3 Å². The zero-order valence-electron chi connectivity index (χ0n) is 9.15. The summed E-state index contributed by atoms with van der Waals surface area (Å²) >= 11 is 3.16. The van der Waals surface area contributed by atoms with Crippen molar-refractivity contribution in [2.45, 2.75) is 0 Å². The predicted molar refractivity (Wildman–Crippen MR) is 69.7 cm³/mol. The second kappa shape index (κ2) is 5.07. The summed E-state index contributed by atoms with van der Waals surface area (Å²) in [6.45, 7) is 0. The normalized spacial score (nSPS) is 9.83. The summed E-state index contributed by atoms with van der Waals surface area (Å²) in [7, 11) is 0. The summed E-state index contributed by atoms with van der Waals surface area (Å²) in [4.78, 5) is 0. The molecule has 0 aliphatic rings. The minimum absolute atomic E-state index is 0.0994. The first-order valence-electron chi connectivity index (χ1n) is 5.02. The molecule has 2 N–H and O–H groups in total. The SMILES string of the molecule is N#Cc1ccc(Oc2ccc(Br)cc2F)cc1N. The molecule has 0 amide bonds. The molecule has 0 radical (unpaired) electrons. The third-order valence-corrected chi connectivity index (χ3v) is 2.76. The van der Waals surface area contributed by atoms with E-state index in [1.807, 2.05) is 6.07 Å². The van der Waals surface area contributed by atoms with Gasteiger partial charge in [-0.3, -0.25) is 0 Å². The van der Waals surface area contributed by atoms with Gasteiger partial charge in [-0.05, 0) is 30.3 Å². The Balaban J connectivity index is 2.29. The molecule has 18 heavy (non-hydrogen) atoms. The second-order valence-corrected chi connectivity index (χ2v) is 4.45. The van der Waals surface area contributed by atoms with Crippen molar-refractivity contribution in [1.82, 2.24) is 0 Å². The molecule has 2 aromatic carbocycles. The van der Waals surface area contributed by atoms with Crippen LogP contribution in [0.4, 0.5) is 10.1 Å². The van der Waals surface area contributed by atoms with Crippen LogP contribution in [-0.2, 0) is 0 Å². The number of hydrogen-bond donors (Lipinski definition) is 1. The Morgan fingerprint density at radius 2 is 2.00 bits per heavy atom. The highest BCUT2D eigenvalue weighted by Gasteiger charge is 2.07. The van der Waals surface area contributed by atoms with Crippen LogP contribution in [0.2, 0.25) is 0 Å². The number of halogens is 2. The first-order chi connectivity index (χ1) is 8.60. The third kappa shape index (κ3) is 2.60. The second-order valence-electron chi connectivity index (χ2n) is 3.54. The number of nitrogens with two attached hydrogens (primary N) is 1. The lowest BCUT2D eigenvalue weighted by Crippen LogP contribution is -1.93. The number of ether oxygens (including phenoxy) is 1. The Kier molecular flexibility index (Phi) is 3.49.